The van der Waals surface area contributed by atoms with Gasteiger partial charge in [0.25, 0.3) is 11.7 Å². The fourth-order valence-corrected chi connectivity index (χ4v) is 4.93. The number of hydrogen-bond acceptors (Lipinski definition) is 7. The Hall–Kier alpha value is -2.94. The van der Waals surface area contributed by atoms with Crippen LogP contribution in [0.1, 0.15) is 31.0 Å². The van der Waals surface area contributed by atoms with Gasteiger partial charge in [0.15, 0.2) is 11.5 Å². The minimum Gasteiger partial charge on any atom is -0.507 e. The molecule has 0 aliphatic carbocycles. The number of halogens is 2. The van der Waals surface area contributed by atoms with Crippen LogP contribution in [0.25, 0.3) is 5.76 Å². The maximum absolute atomic E-state index is 13.4. The van der Waals surface area contributed by atoms with E-state index in [9.17, 15) is 14.7 Å². The zero-order valence-corrected chi connectivity index (χ0v) is 22.4. The van der Waals surface area contributed by atoms with Crippen LogP contribution in [-0.4, -0.2) is 74.1 Å². The molecule has 2 aromatic rings. The first kappa shape index (κ1) is 27.6. The lowest BCUT2D eigenvalue weighted by atomic mass is 9.94. The zero-order chi connectivity index (χ0) is 26.6. The lowest BCUT2D eigenvalue weighted by Gasteiger charge is -2.28. The highest BCUT2D eigenvalue weighted by Gasteiger charge is 2.46. The van der Waals surface area contributed by atoms with E-state index in [4.69, 9.17) is 37.4 Å². The minimum atomic E-state index is -0.886. The van der Waals surface area contributed by atoms with Crippen molar-refractivity contribution < 1.29 is 28.9 Å². The maximum Gasteiger partial charge on any atom is 0.295 e. The van der Waals surface area contributed by atoms with Crippen molar-refractivity contribution in [3.05, 3.63) is 57.1 Å². The highest BCUT2D eigenvalue weighted by molar-refractivity contribution is 6.46. The van der Waals surface area contributed by atoms with E-state index in [1.54, 1.807) is 18.2 Å². The first-order valence-corrected chi connectivity index (χ1v) is 12.2. The summed E-state index contributed by atoms with van der Waals surface area (Å²) in [6.07, 6.45) is 0. The summed E-state index contributed by atoms with van der Waals surface area (Å²) in [5, 5.41) is 11.8. The maximum atomic E-state index is 13.4. The molecule has 194 valence electrons. The van der Waals surface area contributed by atoms with E-state index in [0.29, 0.717) is 23.6 Å². The molecule has 1 saturated heterocycles. The molecule has 10 heteroatoms. The second kappa shape index (κ2) is 11.9. The van der Waals surface area contributed by atoms with Crippen LogP contribution >= 0.6 is 23.2 Å². The molecule has 1 heterocycles. The molecule has 0 radical (unpaired) electrons. The monoisotopic (exact) mass is 536 g/mol. The van der Waals surface area contributed by atoms with Gasteiger partial charge in [0.05, 0.1) is 43.5 Å². The summed E-state index contributed by atoms with van der Waals surface area (Å²) in [5.41, 5.74) is 0.589. The van der Waals surface area contributed by atoms with Crippen LogP contribution in [0.5, 0.6) is 17.2 Å². The Bertz CT molecular complexity index is 1180. The van der Waals surface area contributed by atoms with Crippen LogP contribution in [0.4, 0.5) is 0 Å². The molecule has 1 aliphatic rings. The van der Waals surface area contributed by atoms with E-state index < -0.39 is 23.5 Å². The Morgan fingerprint density at radius 1 is 1.00 bits per heavy atom. The van der Waals surface area contributed by atoms with Gasteiger partial charge in [-0.2, -0.15) is 0 Å². The van der Waals surface area contributed by atoms with Gasteiger partial charge in [-0.15, -0.1) is 0 Å². The number of aliphatic hydroxyl groups is 1. The van der Waals surface area contributed by atoms with Gasteiger partial charge < -0.3 is 29.1 Å². The van der Waals surface area contributed by atoms with Gasteiger partial charge in [-0.3, -0.25) is 9.59 Å². The van der Waals surface area contributed by atoms with Crippen LogP contribution in [0, 0.1) is 0 Å². The third-order valence-corrected chi connectivity index (χ3v) is 6.78. The molecule has 0 spiro atoms. The summed E-state index contributed by atoms with van der Waals surface area (Å²) < 4.78 is 16.2. The summed E-state index contributed by atoms with van der Waals surface area (Å²) in [6, 6.07) is 7.13. The summed E-state index contributed by atoms with van der Waals surface area (Å²) in [7, 11) is 4.40. The fourth-order valence-electron chi connectivity index (χ4n) is 4.36. The molecule has 36 heavy (non-hydrogen) atoms. The molecule has 1 unspecified atom stereocenters. The molecule has 1 N–H and O–H groups in total. The molecule has 2 aromatic carbocycles. The second-order valence-electron chi connectivity index (χ2n) is 8.10. The number of rotatable bonds is 10. The number of Topliss-reactive ketones (excluding diaryl/α,β-unsaturated/α-hetero) is 1. The number of carbonyl (C=O) groups is 2. The van der Waals surface area contributed by atoms with Crippen LogP contribution in [0.2, 0.25) is 10.0 Å². The largest absolute Gasteiger partial charge is 0.507 e. The fraction of sp³-hybridized carbons (Fsp3) is 0.385. The van der Waals surface area contributed by atoms with Crippen LogP contribution in [0.3, 0.4) is 0 Å². The number of likely N-dealkylation sites (N-methyl/N-ethyl adjacent to an activating group) is 1. The lowest BCUT2D eigenvalue weighted by Crippen LogP contribution is -2.38. The van der Waals surface area contributed by atoms with Crippen LogP contribution in [-0.2, 0) is 9.59 Å². The van der Waals surface area contributed by atoms with Crippen molar-refractivity contribution in [3.8, 4) is 17.2 Å². The number of ether oxygens (including phenoxy) is 3. The Labute approximate surface area is 220 Å². The van der Waals surface area contributed by atoms with Crippen LogP contribution in [0.15, 0.2) is 35.9 Å². The third kappa shape index (κ3) is 5.26. The lowest BCUT2D eigenvalue weighted by molar-refractivity contribution is -0.140. The number of methoxy groups -OCH3 is 3. The molecule has 1 amide bonds. The number of hydrogen-bond donors (Lipinski definition) is 1. The van der Waals surface area contributed by atoms with Crippen molar-refractivity contribution in [1.82, 2.24) is 9.80 Å². The van der Waals surface area contributed by atoms with E-state index >= 15 is 0 Å². The number of carbonyl (C=O) groups excluding carboxylic acids is 2. The molecule has 1 aliphatic heterocycles. The Morgan fingerprint density at radius 2 is 1.67 bits per heavy atom. The highest BCUT2D eigenvalue weighted by Crippen LogP contribution is 2.44. The molecule has 1 atom stereocenters. The average Bonchev–Trinajstić information content (AvgIpc) is 3.13. The first-order valence-electron chi connectivity index (χ1n) is 11.5. The zero-order valence-electron chi connectivity index (χ0n) is 20.9. The summed E-state index contributed by atoms with van der Waals surface area (Å²) in [4.78, 5) is 30.2. The summed E-state index contributed by atoms with van der Waals surface area (Å²) >= 11 is 12.5. The number of benzene rings is 2. The van der Waals surface area contributed by atoms with Gasteiger partial charge in [-0.05, 0) is 42.9 Å². The first-order chi connectivity index (χ1) is 17.2. The predicted molar refractivity (Wildman–Crippen MR) is 139 cm³/mol. The molecule has 1 fully saturated rings. The molecule has 0 aromatic heterocycles. The molecule has 0 saturated carbocycles. The predicted octanol–water partition coefficient (Wildman–Crippen LogP) is 4.78. The highest BCUT2D eigenvalue weighted by atomic mass is 35.5. The van der Waals surface area contributed by atoms with Crippen molar-refractivity contribution in [3.63, 3.8) is 0 Å². The summed E-state index contributed by atoms with van der Waals surface area (Å²) in [5.74, 6) is -0.906. The Kier molecular flexibility index (Phi) is 9.11. The smallest absolute Gasteiger partial charge is 0.295 e. The van der Waals surface area contributed by atoms with Crippen molar-refractivity contribution in [2.45, 2.75) is 19.9 Å². The van der Waals surface area contributed by atoms with Crippen molar-refractivity contribution in [1.29, 1.82) is 0 Å². The number of aliphatic hydroxyl groups excluding tert-OH is 1. The molecule has 3 rings (SSSR count). The molecular weight excluding hydrogens is 507 g/mol. The molecule has 0 bridgehead atoms. The quantitative estimate of drug-likeness (QED) is 0.265. The van der Waals surface area contributed by atoms with Crippen molar-refractivity contribution in [2.24, 2.45) is 0 Å². The number of amides is 1. The second-order valence-corrected chi connectivity index (χ2v) is 8.95. The number of nitrogens with zero attached hydrogens (tertiary/aromatic N) is 2. The standard InChI is InChI=1S/C26H30Cl2N2O6/c1-6-29(7-2)10-11-30-22(15-8-9-19(34-3)20(12-15)35-4)21(24(32)26(30)33)23(31)17-13-16(27)14-18(28)25(17)36-5/h8-9,12-14,22,31H,6-7,10-11H2,1-5H3/b23-21+. The van der Waals surface area contributed by atoms with Gasteiger partial charge in [0.2, 0.25) is 0 Å². The SMILES string of the molecule is CCN(CC)CCN1C(=O)C(=O)/C(=C(/O)c2cc(Cl)cc(Cl)c2OC)C1c1ccc(OC)c(OC)c1. The van der Waals surface area contributed by atoms with E-state index in [-0.39, 0.29) is 33.5 Å². The van der Waals surface area contributed by atoms with Crippen LogP contribution < -0.4 is 14.2 Å². The van der Waals surface area contributed by atoms with Gasteiger partial charge in [-0.1, -0.05) is 43.1 Å². The minimum absolute atomic E-state index is 0.0941. The normalized spacial score (nSPS) is 17.1. The third-order valence-electron chi connectivity index (χ3n) is 6.28. The Morgan fingerprint density at radius 3 is 2.25 bits per heavy atom. The van der Waals surface area contributed by atoms with E-state index in [1.807, 2.05) is 13.8 Å². The average molecular weight is 537 g/mol. The molecular formula is C26H30Cl2N2O6. The van der Waals surface area contributed by atoms with E-state index in [0.717, 1.165) is 13.1 Å². The van der Waals surface area contributed by atoms with Gasteiger partial charge in [0, 0.05) is 18.1 Å². The van der Waals surface area contributed by atoms with Gasteiger partial charge in [0.1, 0.15) is 11.5 Å². The Balaban J connectivity index is 2.24. The number of ketones is 1. The van der Waals surface area contributed by atoms with Gasteiger partial charge >= 0.3 is 0 Å². The molecule has 8 nitrogen and oxygen atoms in total. The van der Waals surface area contributed by atoms with Gasteiger partial charge in [-0.25, -0.2) is 0 Å². The number of likely N-dealkylation sites (tertiary alicyclic amines) is 1. The topological polar surface area (TPSA) is 88.5 Å². The van der Waals surface area contributed by atoms with E-state index in [1.165, 1.54) is 38.4 Å². The van der Waals surface area contributed by atoms with E-state index in [2.05, 4.69) is 4.90 Å². The van der Waals surface area contributed by atoms with Crippen molar-refractivity contribution in [2.75, 3.05) is 47.5 Å². The summed E-state index contributed by atoms with van der Waals surface area (Å²) in [6.45, 7) is 6.46. The van der Waals surface area contributed by atoms with Crippen molar-refractivity contribution >= 4 is 40.7 Å².